The molecule has 2 aromatic rings. The Morgan fingerprint density at radius 2 is 1.95 bits per heavy atom. The lowest BCUT2D eigenvalue weighted by molar-refractivity contribution is 0.292. The highest BCUT2D eigenvalue weighted by Gasteiger charge is 2.17. The highest BCUT2D eigenvalue weighted by atomic mass is 32.2. The molecule has 0 atom stereocenters. The molecule has 0 saturated heterocycles. The van der Waals surface area contributed by atoms with Crippen LogP contribution in [0.3, 0.4) is 0 Å². The smallest absolute Gasteiger partial charge is 0.201 e. The van der Waals surface area contributed by atoms with Gasteiger partial charge in [0.1, 0.15) is 5.52 Å². The lowest BCUT2D eigenvalue weighted by Gasteiger charge is -2.18. The molecule has 0 fully saturated rings. The highest BCUT2D eigenvalue weighted by molar-refractivity contribution is 7.91. The van der Waals surface area contributed by atoms with E-state index in [1.54, 1.807) is 12.1 Å². The molecule has 1 heterocycles. The summed E-state index contributed by atoms with van der Waals surface area (Å²) in [7, 11) is -3.32. The van der Waals surface area contributed by atoms with Crippen LogP contribution in [0.25, 0.3) is 11.0 Å². The van der Waals surface area contributed by atoms with Crippen LogP contribution in [0.4, 0.5) is 5.95 Å². The molecule has 0 aliphatic rings. The Hall–Kier alpha value is -1.60. The second-order valence-electron chi connectivity index (χ2n) is 5.04. The quantitative estimate of drug-likeness (QED) is 0.871. The van der Waals surface area contributed by atoms with Crippen LogP contribution in [0.15, 0.2) is 23.1 Å². The van der Waals surface area contributed by atoms with Gasteiger partial charge in [0.2, 0.25) is 5.95 Å². The van der Waals surface area contributed by atoms with Crippen molar-refractivity contribution >= 4 is 26.8 Å². The van der Waals surface area contributed by atoms with Crippen LogP contribution in [-0.4, -0.2) is 48.8 Å². The summed E-state index contributed by atoms with van der Waals surface area (Å²) in [6.45, 7) is 7.71. The predicted octanol–water partition coefficient (Wildman–Crippen LogP) is 1.36. The zero-order chi connectivity index (χ0) is 15.6. The van der Waals surface area contributed by atoms with Gasteiger partial charge in [-0.25, -0.2) is 13.4 Å². The van der Waals surface area contributed by atoms with Gasteiger partial charge in [-0.1, -0.05) is 19.9 Å². The Morgan fingerprint density at radius 1 is 1.29 bits per heavy atom. The number of fused-ring (bicyclic) bond motifs is 1. The summed E-state index contributed by atoms with van der Waals surface area (Å²) in [6, 6.07) is 5.15. The van der Waals surface area contributed by atoms with Gasteiger partial charge in [0.05, 0.1) is 10.4 Å². The number of hydrogen-bond donors (Lipinski definition) is 1. The SMILES string of the molecule is CCN(CC)CCn1c(N)nc2c(S(C)(=O)=O)cccc21. The van der Waals surface area contributed by atoms with Crippen molar-refractivity contribution in [2.75, 3.05) is 31.6 Å². The minimum atomic E-state index is -3.32. The van der Waals surface area contributed by atoms with E-state index in [1.165, 1.54) is 6.26 Å². The third kappa shape index (κ3) is 3.19. The minimum Gasteiger partial charge on any atom is -0.369 e. The van der Waals surface area contributed by atoms with Crippen molar-refractivity contribution in [3.63, 3.8) is 0 Å². The van der Waals surface area contributed by atoms with Gasteiger partial charge >= 0.3 is 0 Å². The number of sulfone groups is 1. The number of hydrogen-bond acceptors (Lipinski definition) is 5. The second kappa shape index (κ2) is 6.03. The van der Waals surface area contributed by atoms with Crippen LogP contribution >= 0.6 is 0 Å². The molecule has 1 aromatic carbocycles. The van der Waals surface area contributed by atoms with Crippen LogP contribution < -0.4 is 5.73 Å². The lowest BCUT2D eigenvalue weighted by atomic mass is 10.3. The van der Waals surface area contributed by atoms with E-state index in [0.29, 0.717) is 18.0 Å². The van der Waals surface area contributed by atoms with Crippen molar-refractivity contribution in [3.05, 3.63) is 18.2 Å². The van der Waals surface area contributed by atoms with Gasteiger partial charge in [0.25, 0.3) is 0 Å². The predicted molar refractivity (Wildman–Crippen MR) is 85.0 cm³/mol. The maximum atomic E-state index is 11.8. The van der Waals surface area contributed by atoms with Crippen molar-refractivity contribution in [1.29, 1.82) is 0 Å². The molecular formula is C14H22N4O2S. The first kappa shape index (κ1) is 15.8. The molecular weight excluding hydrogens is 288 g/mol. The number of rotatable bonds is 6. The zero-order valence-corrected chi connectivity index (χ0v) is 13.5. The molecule has 0 amide bonds. The fourth-order valence-corrected chi connectivity index (χ4v) is 3.28. The van der Waals surface area contributed by atoms with Gasteiger partial charge < -0.3 is 15.2 Å². The van der Waals surface area contributed by atoms with Crippen LogP contribution in [0.1, 0.15) is 13.8 Å². The van der Waals surface area contributed by atoms with E-state index >= 15 is 0 Å². The Labute approximate surface area is 125 Å². The summed E-state index contributed by atoms with van der Waals surface area (Å²) in [4.78, 5) is 6.77. The molecule has 116 valence electrons. The van der Waals surface area contributed by atoms with Crippen molar-refractivity contribution in [1.82, 2.24) is 14.5 Å². The molecule has 0 radical (unpaired) electrons. The Morgan fingerprint density at radius 3 is 2.52 bits per heavy atom. The Kier molecular flexibility index (Phi) is 4.53. The summed E-state index contributed by atoms with van der Waals surface area (Å²) in [5.74, 6) is 0.355. The van der Waals surface area contributed by atoms with Crippen LogP contribution in [0.2, 0.25) is 0 Å². The molecule has 0 unspecified atom stereocenters. The van der Waals surface area contributed by atoms with Crippen molar-refractivity contribution in [2.45, 2.75) is 25.3 Å². The fourth-order valence-electron chi connectivity index (χ4n) is 2.45. The molecule has 1 aromatic heterocycles. The maximum absolute atomic E-state index is 11.8. The normalized spacial score (nSPS) is 12.4. The molecule has 0 aliphatic carbocycles. The maximum Gasteiger partial charge on any atom is 0.201 e. The van der Waals surface area contributed by atoms with E-state index in [-0.39, 0.29) is 4.90 Å². The van der Waals surface area contributed by atoms with E-state index in [0.717, 1.165) is 25.2 Å². The summed E-state index contributed by atoms with van der Waals surface area (Å²) in [5.41, 5.74) is 7.20. The monoisotopic (exact) mass is 310 g/mol. The van der Waals surface area contributed by atoms with Gasteiger partial charge in [-0.3, -0.25) is 0 Å². The van der Waals surface area contributed by atoms with Crippen molar-refractivity contribution < 1.29 is 8.42 Å². The van der Waals surface area contributed by atoms with E-state index < -0.39 is 9.84 Å². The third-order valence-corrected chi connectivity index (χ3v) is 4.83. The zero-order valence-electron chi connectivity index (χ0n) is 12.7. The number of likely N-dealkylation sites (N-methyl/N-ethyl adjacent to an activating group) is 1. The number of nitrogens with zero attached hydrogens (tertiary/aromatic N) is 3. The van der Waals surface area contributed by atoms with Gasteiger partial charge in [-0.05, 0) is 25.2 Å². The van der Waals surface area contributed by atoms with Gasteiger partial charge in [0.15, 0.2) is 9.84 Å². The van der Waals surface area contributed by atoms with Gasteiger partial charge in [-0.15, -0.1) is 0 Å². The number of imidazole rings is 1. The van der Waals surface area contributed by atoms with E-state index in [1.807, 2.05) is 10.6 Å². The molecule has 6 nitrogen and oxygen atoms in total. The summed E-state index contributed by atoms with van der Waals surface area (Å²) in [5, 5.41) is 0. The molecule has 0 saturated carbocycles. The second-order valence-corrected chi connectivity index (χ2v) is 7.03. The largest absolute Gasteiger partial charge is 0.369 e. The van der Waals surface area contributed by atoms with Crippen LogP contribution in [0.5, 0.6) is 0 Å². The summed E-state index contributed by atoms with van der Waals surface area (Å²) < 4.78 is 25.5. The number of para-hydroxylation sites is 1. The highest BCUT2D eigenvalue weighted by Crippen LogP contribution is 2.24. The van der Waals surface area contributed by atoms with Crippen LogP contribution in [-0.2, 0) is 16.4 Å². The number of benzene rings is 1. The fraction of sp³-hybridized carbons (Fsp3) is 0.500. The Bertz CT molecular complexity index is 733. The first-order valence-corrected chi connectivity index (χ1v) is 8.94. The van der Waals surface area contributed by atoms with Crippen molar-refractivity contribution in [3.8, 4) is 0 Å². The first-order chi connectivity index (χ1) is 9.88. The molecule has 2 N–H and O–H groups in total. The van der Waals surface area contributed by atoms with Gasteiger partial charge in [0, 0.05) is 19.3 Å². The van der Waals surface area contributed by atoms with E-state index in [9.17, 15) is 8.42 Å². The number of nitrogens with two attached hydrogens (primary N) is 1. The number of aromatic nitrogens is 2. The molecule has 21 heavy (non-hydrogen) atoms. The third-order valence-electron chi connectivity index (χ3n) is 3.71. The van der Waals surface area contributed by atoms with E-state index in [4.69, 9.17) is 5.73 Å². The van der Waals surface area contributed by atoms with Gasteiger partial charge in [-0.2, -0.15) is 0 Å². The average Bonchev–Trinajstić information content (AvgIpc) is 2.74. The molecule has 0 spiro atoms. The van der Waals surface area contributed by atoms with Crippen molar-refractivity contribution in [2.24, 2.45) is 0 Å². The number of anilines is 1. The Balaban J connectivity index is 2.44. The molecule has 7 heteroatoms. The topological polar surface area (TPSA) is 81.2 Å². The standard InChI is InChI=1S/C14H22N4O2S/c1-4-17(5-2)9-10-18-11-7-6-8-12(21(3,19)20)13(11)16-14(18)15/h6-8H,4-5,9-10H2,1-3H3,(H2,15,16). The first-order valence-electron chi connectivity index (χ1n) is 7.05. The van der Waals surface area contributed by atoms with Crippen LogP contribution in [0, 0.1) is 0 Å². The number of nitrogen functional groups attached to an aromatic ring is 1. The summed E-state index contributed by atoms with van der Waals surface area (Å²) in [6.07, 6.45) is 1.19. The molecule has 2 rings (SSSR count). The van der Waals surface area contributed by atoms with E-state index in [2.05, 4.69) is 23.7 Å². The average molecular weight is 310 g/mol. The molecule has 0 aliphatic heterocycles. The molecule has 0 bridgehead atoms. The summed E-state index contributed by atoms with van der Waals surface area (Å²) >= 11 is 0. The minimum absolute atomic E-state index is 0.230. The lowest BCUT2D eigenvalue weighted by Crippen LogP contribution is -2.27.